The molecule has 0 amide bonds. The molecule has 152 valence electrons. The lowest BCUT2D eigenvalue weighted by Crippen LogP contribution is -2.12. The summed E-state index contributed by atoms with van der Waals surface area (Å²) in [4.78, 5) is 31.6. The number of fused-ring (bicyclic) bond motifs is 1. The van der Waals surface area contributed by atoms with E-state index in [1.807, 2.05) is 25.1 Å². The van der Waals surface area contributed by atoms with Gasteiger partial charge in [0.15, 0.2) is 11.3 Å². The summed E-state index contributed by atoms with van der Waals surface area (Å²) in [6, 6.07) is 9.07. The summed E-state index contributed by atoms with van der Waals surface area (Å²) in [5.74, 6) is -2.30. The van der Waals surface area contributed by atoms with E-state index in [1.165, 1.54) is 6.08 Å². The van der Waals surface area contributed by atoms with Crippen LogP contribution in [0.4, 0.5) is 5.69 Å². The third kappa shape index (κ3) is 3.56. The highest BCUT2D eigenvalue weighted by Gasteiger charge is 2.36. The molecule has 1 aliphatic rings. The minimum absolute atomic E-state index is 0.0374. The third-order valence-corrected chi connectivity index (χ3v) is 4.81. The van der Waals surface area contributed by atoms with Crippen LogP contribution in [0.3, 0.4) is 0 Å². The van der Waals surface area contributed by atoms with Gasteiger partial charge in [0.25, 0.3) is 0 Å². The first-order valence-corrected chi connectivity index (χ1v) is 9.29. The van der Waals surface area contributed by atoms with Gasteiger partial charge in [0, 0.05) is 35.6 Å². The molecule has 0 saturated heterocycles. The molecule has 30 heavy (non-hydrogen) atoms. The molecule has 4 rings (SSSR count). The van der Waals surface area contributed by atoms with Crippen molar-refractivity contribution in [3.8, 4) is 0 Å². The van der Waals surface area contributed by atoms with Crippen molar-refractivity contribution < 1.29 is 24.5 Å². The summed E-state index contributed by atoms with van der Waals surface area (Å²) in [5, 5.41) is 22.3. The van der Waals surface area contributed by atoms with E-state index in [-0.39, 0.29) is 18.2 Å². The summed E-state index contributed by atoms with van der Waals surface area (Å²) >= 11 is 0. The maximum absolute atomic E-state index is 12.7. The van der Waals surface area contributed by atoms with Crippen LogP contribution in [-0.4, -0.2) is 38.5 Å². The average Bonchev–Trinajstić information content (AvgIpc) is 3.26. The zero-order valence-electron chi connectivity index (χ0n) is 16.1. The summed E-state index contributed by atoms with van der Waals surface area (Å²) in [5.41, 5.74) is 3.24. The quantitative estimate of drug-likeness (QED) is 0.367. The van der Waals surface area contributed by atoms with Gasteiger partial charge in [-0.15, -0.1) is 0 Å². The molecular formula is C22H19N3O5. The zero-order valence-corrected chi connectivity index (χ0v) is 16.1. The van der Waals surface area contributed by atoms with E-state index in [0.29, 0.717) is 23.3 Å². The Kier molecular flexibility index (Phi) is 5.07. The Morgan fingerprint density at radius 2 is 2.17 bits per heavy atom. The number of aliphatic hydroxyl groups excluding tert-OH is 1. The first-order valence-electron chi connectivity index (χ1n) is 9.29. The van der Waals surface area contributed by atoms with Gasteiger partial charge in [0.2, 0.25) is 11.7 Å². The molecule has 0 radical (unpaired) electrons. The van der Waals surface area contributed by atoms with E-state index in [4.69, 9.17) is 9.84 Å². The predicted octanol–water partition coefficient (Wildman–Crippen LogP) is 2.75. The molecule has 8 heteroatoms. The summed E-state index contributed by atoms with van der Waals surface area (Å²) < 4.78 is 5.63. The topological polar surface area (TPSA) is 125 Å². The van der Waals surface area contributed by atoms with Gasteiger partial charge in [-0.3, -0.25) is 4.79 Å². The Morgan fingerprint density at radius 3 is 2.90 bits per heavy atom. The fourth-order valence-electron chi connectivity index (χ4n) is 3.32. The number of carboxylic acid groups (broad SMARTS) is 1. The molecule has 0 atom stereocenters. The van der Waals surface area contributed by atoms with Crippen LogP contribution >= 0.6 is 0 Å². The zero-order chi connectivity index (χ0) is 21.3. The lowest BCUT2D eigenvalue weighted by molar-refractivity contribution is -0.134. The number of aromatic nitrogens is 2. The Hall–Kier alpha value is -3.91. The predicted molar refractivity (Wildman–Crippen MR) is 110 cm³/mol. The molecule has 3 aromatic rings. The van der Waals surface area contributed by atoms with Crippen molar-refractivity contribution in [2.45, 2.75) is 13.3 Å². The van der Waals surface area contributed by atoms with Crippen LogP contribution in [0.15, 0.2) is 59.9 Å². The van der Waals surface area contributed by atoms with Crippen molar-refractivity contribution in [1.82, 2.24) is 9.97 Å². The minimum Gasteiger partial charge on any atom is -0.477 e. The second kappa shape index (κ2) is 7.84. The molecular weight excluding hydrogens is 386 g/mol. The number of hydrogen-bond donors (Lipinski definition) is 4. The highest BCUT2D eigenvalue weighted by atomic mass is 16.5. The molecule has 4 N–H and O–H groups in total. The second-order valence-electron chi connectivity index (χ2n) is 6.84. The van der Waals surface area contributed by atoms with Crippen molar-refractivity contribution in [1.29, 1.82) is 0 Å². The fraction of sp³-hybridized carbons (Fsp3) is 0.136. The van der Waals surface area contributed by atoms with Crippen LogP contribution in [-0.2, 0) is 20.7 Å². The van der Waals surface area contributed by atoms with Crippen LogP contribution in [0.25, 0.3) is 17.1 Å². The molecule has 2 aromatic heterocycles. The van der Waals surface area contributed by atoms with Gasteiger partial charge in [-0.05, 0) is 48.7 Å². The van der Waals surface area contributed by atoms with Gasteiger partial charge >= 0.3 is 5.97 Å². The Labute approximate surface area is 171 Å². The van der Waals surface area contributed by atoms with Gasteiger partial charge in [0.05, 0.1) is 0 Å². The molecule has 1 aliphatic heterocycles. The van der Waals surface area contributed by atoms with Crippen molar-refractivity contribution in [3.05, 3.63) is 76.6 Å². The fourth-order valence-corrected chi connectivity index (χ4v) is 3.32. The van der Waals surface area contributed by atoms with Crippen molar-refractivity contribution in [3.63, 3.8) is 0 Å². The summed E-state index contributed by atoms with van der Waals surface area (Å²) in [6.07, 6.45) is 5.34. The Bertz CT molecular complexity index is 1220. The number of nitrogens with zero attached hydrogens (tertiary/aromatic N) is 1. The maximum atomic E-state index is 12.7. The average molecular weight is 405 g/mol. The van der Waals surface area contributed by atoms with Crippen molar-refractivity contribution >= 4 is 34.5 Å². The van der Waals surface area contributed by atoms with Crippen LogP contribution in [0, 0.1) is 6.92 Å². The van der Waals surface area contributed by atoms with E-state index in [9.17, 15) is 14.7 Å². The van der Waals surface area contributed by atoms with Gasteiger partial charge in [-0.25, -0.2) is 9.78 Å². The molecule has 0 bridgehead atoms. The number of rotatable bonds is 6. The Balaban J connectivity index is 1.66. The van der Waals surface area contributed by atoms with Crippen molar-refractivity contribution in [2.24, 2.45) is 0 Å². The van der Waals surface area contributed by atoms with Crippen molar-refractivity contribution in [2.75, 3.05) is 11.9 Å². The number of carbonyl (C=O) groups excluding carboxylic acids is 1. The molecule has 1 aromatic carbocycles. The van der Waals surface area contributed by atoms with Gasteiger partial charge in [-0.1, -0.05) is 12.1 Å². The number of H-pyrrole nitrogens is 1. The number of ether oxygens (including phenoxy) is 1. The Morgan fingerprint density at radius 1 is 1.33 bits per heavy atom. The van der Waals surface area contributed by atoms with E-state index < -0.39 is 17.3 Å². The number of carbonyl (C=O) groups is 2. The standard InChI is InChI=1S/C22H19N3O5/c1-12-9-13(6-8-26)4-5-16(12)25-21-18(22(28)29)19(27)17(30-21)10-14-11-24-20-15(14)3-2-7-23-20/h2-5,7,9-11,25-26H,6,8H2,1H3,(H,23,24)(H,28,29)/b17-10-. The number of hydrogen-bond acceptors (Lipinski definition) is 6. The number of ketones is 1. The van der Waals surface area contributed by atoms with Crippen LogP contribution in [0.2, 0.25) is 0 Å². The molecule has 0 saturated carbocycles. The second-order valence-corrected chi connectivity index (χ2v) is 6.84. The van der Waals surface area contributed by atoms with Crippen LogP contribution in [0.1, 0.15) is 16.7 Å². The monoisotopic (exact) mass is 405 g/mol. The number of nitrogens with one attached hydrogen (secondary N) is 2. The first kappa shape index (κ1) is 19.4. The maximum Gasteiger partial charge on any atom is 0.345 e. The number of carboxylic acids is 1. The number of allylic oxidation sites excluding steroid dienone is 1. The normalized spacial score (nSPS) is 15.1. The van der Waals surface area contributed by atoms with Crippen LogP contribution < -0.4 is 5.32 Å². The summed E-state index contributed by atoms with van der Waals surface area (Å²) in [6.45, 7) is 1.88. The highest BCUT2D eigenvalue weighted by molar-refractivity contribution is 6.26. The lowest BCUT2D eigenvalue weighted by Gasteiger charge is -2.12. The van der Waals surface area contributed by atoms with E-state index >= 15 is 0 Å². The number of anilines is 1. The minimum atomic E-state index is -1.37. The van der Waals surface area contributed by atoms with E-state index in [0.717, 1.165) is 16.5 Å². The van der Waals surface area contributed by atoms with Gasteiger partial charge in [-0.2, -0.15) is 0 Å². The molecule has 0 aliphatic carbocycles. The van der Waals surface area contributed by atoms with Gasteiger partial charge in [0.1, 0.15) is 5.65 Å². The number of aryl methyl sites for hydroxylation is 1. The van der Waals surface area contributed by atoms with Crippen LogP contribution in [0.5, 0.6) is 0 Å². The number of benzene rings is 1. The SMILES string of the molecule is Cc1cc(CCO)ccc1NC1=C(C(=O)O)C(=O)/C(=C/c2c[nH]c3ncccc23)O1. The third-order valence-electron chi connectivity index (χ3n) is 4.81. The number of pyridine rings is 1. The van der Waals surface area contributed by atoms with Gasteiger partial charge < -0.3 is 25.3 Å². The number of aliphatic carboxylic acids is 1. The van der Waals surface area contributed by atoms with E-state index in [1.54, 1.807) is 24.5 Å². The van der Waals surface area contributed by atoms with E-state index in [2.05, 4.69) is 15.3 Å². The first-order chi connectivity index (χ1) is 14.5. The number of aromatic amines is 1. The largest absolute Gasteiger partial charge is 0.477 e. The number of aliphatic hydroxyl groups is 1. The highest BCUT2D eigenvalue weighted by Crippen LogP contribution is 2.30. The lowest BCUT2D eigenvalue weighted by atomic mass is 10.1. The number of Topliss-reactive ketones (excluding diaryl/α,β-unsaturated/α-hetero) is 1. The molecule has 8 nitrogen and oxygen atoms in total. The smallest absolute Gasteiger partial charge is 0.345 e. The molecule has 0 spiro atoms. The molecule has 0 fully saturated rings. The summed E-state index contributed by atoms with van der Waals surface area (Å²) in [7, 11) is 0. The molecule has 3 heterocycles. The molecule has 0 unspecified atom stereocenters.